The molecule has 26 heavy (non-hydrogen) atoms. The van der Waals surface area contributed by atoms with Gasteiger partial charge in [-0.2, -0.15) is 0 Å². The lowest BCUT2D eigenvalue weighted by atomic mass is 9.98. The highest BCUT2D eigenvalue weighted by atomic mass is 16.2. The molecule has 2 fully saturated rings. The number of rotatable bonds is 7. The number of hydrogen-bond donors (Lipinski definition) is 2. The molecule has 1 saturated heterocycles. The summed E-state index contributed by atoms with van der Waals surface area (Å²) in [6.45, 7) is 2.12. The summed E-state index contributed by atoms with van der Waals surface area (Å²) in [7, 11) is 0. The van der Waals surface area contributed by atoms with Crippen LogP contribution in [0.2, 0.25) is 0 Å². The summed E-state index contributed by atoms with van der Waals surface area (Å²) < 4.78 is 0. The molecule has 1 aliphatic carbocycles. The van der Waals surface area contributed by atoms with Gasteiger partial charge in [0.15, 0.2) is 0 Å². The maximum atomic E-state index is 12.5. The normalized spacial score (nSPS) is 19.7. The fourth-order valence-corrected chi connectivity index (χ4v) is 3.86. The lowest BCUT2D eigenvalue weighted by molar-refractivity contribution is -0.131. The number of imide groups is 1. The number of hydrogen-bond acceptors (Lipinski definition) is 3. The summed E-state index contributed by atoms with van der Waals surface area (Å²) in [6.07, 6.45) is 5.22. The second-order valence-electron chi connectivity index (χ2n) is 7.42. The van der Waals surface area contributed by atoms with Crippen molar-refractivity contribution in [1.82, 2.24) is 15.5 Å². The zero-order valence-corrected chi connectivity index (χ0v) is 15.3. The highest BCUT2D eigenvalue weighted by Crippen LogP contribution is 2.34. The Morgan fingerprint density at radius 1 is 1.23 bits per heavy atom. The Hall–Kier alpha value is -2.37. The molecule has 1 aromatic carbocycles. The Labute approximate surface area is 154 Å². The van der Waals surface area contributed by atoms with Crippen LogP contribution in [0.25, 0.3) is 0 Å². The molecule has 1 unspecified atom stereocenters. The van der Waals surface area contributed by atoms with E-state index in [0.717, 1.165) is 25.7 Å². The van der Waals surface area contributed by atoms with E-state index in [1.54, 1.807) is 0 Å². The average molecular weight is 357 g/mol. The molecule has 3 rings (SSSR count). The van der Waals surface area contributed by atoms with Crippen molar-refractivity contribution in [2.24, 2.45) is 0 Å². The number of amides is 4. The fraction of sp³-hybridized carbons (Fsp3) is 0.550. The standard InChI is InChI=1S/C20H27N3O3/c1-15(9-10-16-7-3-2-4-8-16)21-17(24)11-14-23-18(25)20(22-19(23)26)12-5-6-13-20/h2-4,7-8,15H,5-6,9-14H2,1H3,(H,21,24)(H,22,26). The van der Waals surface area contributed by atoms with Crippen molar-refractivity contribution >= 4 is 17.8 Å². The summed E-state index contributed by atoms with van der Waals surface area (Å²) in [5, 5.41) is 5.79. The van der Waals surface area contributed by atoms with E-state index in [0.29, 0.717) is 12.8 Å². The molecule has 0 aromatic heterocycles. The van der Waals surface area contributed by atoms with Gasteiger partial charge in [-0.25, -0.2) is 4.79 Å². The SMILES string of the molecule is CC(CCc1ccccc1)NC(=O)CCN1C(=O)NC2(CCCC2)C1=O. The predicted octanol–water partition coefficient (Wildman–Crippen LogP) is 2.38. The Morgan fingerprint density at radius 2 is 1.92 bits per heavy atom. The van der Waals surface area contributed by atoms with Gasteiger partial charge in [0.1, 0.15) is 5.54 Å². The number of benzene rings is 1. The van der Waals surface area contributed by atoms with Gasteiger partial charge in [0, 0.05) is 19.0 Å². The van der Waals surface area contributed by atoms with E-state index in [1.807, 2.05) is 25.1 Å². The number of aryl methyl sites for hydroxylation is 1. The van der Waals surface area contributed by atoms with Gasteiger partial charge in [0.25, 0.3) is 5.91 Å². The molecule has 2 aliphatic rings. The van der Waals surface area contributed by atoms with E-state index >= 15 is 0 Å². The van der Waals surface area contributed by atoms with Gasteiger partial charge in [-0.15, -0.1) is 0 Å². The van der Waals surface area contributed by atoms with Crippen molar-refractivity contribution in [2.75, 3.05) is 6.54 Å². The van der Waals surface area contributed by atoms with E-state index < -0.39 is 5.54 Å². The highest BCUT2D eigenvalue weighted by molar-refractivity contribution is 6.07. The Bertz CT molecular complexity index is 668. The summed E-state index contributed by atoms with van der Waals surface area (Å²) in [5.74, 6) is -0.288. The first kappa shape index (κ1) is 18.4. The number of nitrogens with zero attached hydrogens (tertiary/aromatic N) is 1. The summed E-state index contributed by atoms with van der Waals surface area (Å²) >= 11 is 0. The van der Waals surface area contributed by atoms with Gasteiger partial charge in [-0.1, -0.05) is 43.2 Å². The molecular weight excluding hydrogens is 330 g/mol. The van der Waals surface area contributed by atoms with Crippen molar-refractivity contribution in [2.45, 2.75) is 63.5 Å². The van der Waals surface area contributed by atoms with Gasteiger partial charge < -0.3 is 10.6 Å². The molecule has 6 heteroatoms. The van der Waals surface area contributed by atoms with Crippen molar-refractivity contribution < 1.29 is 14.4 Å². The van der Waals surface area contributed by atoms with Gasteiger partial charge in [-0.3, -0.25) is 14.5 Å². The third kappa shape index (κ3) is 4.06. The minimum atomic E-state index is -0.698. The number of urea groups is 1. The maximum absolute atomic E-state index is 12.5. The van der Waals surface area contributed by atoms with E-state index in [9.17, 15) is 14.4 Å². The monoisotopic (exact) mass is 357 g/mol. The average Bonchev–Trinajstić information content (AvgIpc) is 3.18. The first-order valence-electron chi connectivity index (χ1n) is 9.47. The fourth-order valence-electron chi connectivity index (χ4n) is 3.86. The molecule has 2 N–H and O–H groups in total. The molecule has 1 aliphatic heterocycles. The van der Waals surface area contributed by atoms with Crippen LogP contribution in [-0.4, -0.2) is 40.9 Å². The van der Waals surface area contributed by atoms with Crippen molar-refractivity contribution in [3.05, 3.63) is 35.9 Å². The molecule has 0 bridgehead atoms. The largest absolute Gasteiger partial charge is 0.354 e. The second kappa shape index (κ2) is 7.89. The van der Waals surface area contributed by atoms with Crippen molar-refractivity contribution in [3.8, 4) is 0 Å². The molecule has 140 valence electrons. The van der Waals surface area contributed by atoms with E-state index in [-0.39, 0.29) is 36.9 Å². The van der Waals surface area contributed by atoms with Gasteiger partial charge in [0.2, 0.25) is 5.91 Å². The Kier molecular flexibility index (Phi) is 5.59. The molecule has 1 heterocycles. The number of nitrogens with one attached hydrogen (secondary N) is 2. The third-order valence-electron chi connectivity index (χ3n) is 5.38. The molecule has 1 spiro atoms. The van der Waals surface area contributed by atoms with Crippen LogP contribution >= 0.6 is 0 Å². The quantitative estimate of drug-likeness (QED) is 0.736. The molecule has 1 aromatic rings. The first-order chi connectivity index (χ1) is 12.5. The van der Waals surface area contributed by atoms with E-state index in [1.165, 1.54) is 10.5 Å². The second-order valence-corrected chi connectivity index (χ2v) is 7.42. The molecular formula is C20H27N3O3. The van der Waals surface area contributed by atoms with Crippen LogP contribution in [0.5, 0.6) is 0 Å². The van der Waals surface area contributed by atoms with Crippen LogP contribution in [0, 0.1) is 0 Å². The summed E-state index contributed by atoms with van der Waals surface area (Å²) in [4.78, 5) is 38.0. The van der Waals surface area contributed by atoms with Crippen LogP contribution in [0.15, 0.2) is 30.3 Å². The smallest absolute Gasteiger partial charge is 0.325 e. The third-order valence-corrected chi connectivity index (χ3v) is 5.38. The Morgan fingerprint density at radius 3 is 2.62 bits per heavy atom. The number of carbonyl (C=O) groups excluding carboxylic acids is 3. The minimum Gasteiger partial charge on any atom is -0.354 e. The maximum Gasteiger partial charge on any atom is 0.325 e. The first-order valence-corrected chi connectivity index (χ1v) is 9.47. The van der Waals surface area contributed by atoms with Crippen LogP contribution in [0.3, 0.4) is 0 Å². The minimum absolute atomic E-state index is 0.0481. The highest BCUT2D eigenvalue weighted by Gasteiger charge is 2.52. The zero-order chi connectivity index (χ0) is 18.6. The van der Waals surface area contributed by atoms with Crippen LogP contribution in [-0.2, 0) is 16.0 Å². The number of carbonyl (C=O) groups is 3. The zero-order valence-electron chi connectivity index (χ0n) is 15.3. The van der Waals surface area contributed by atoms with Gasteiger partial charge in [0.05, 0.1) is 0 Å². The Balaban J connectivity index is 1.42. The van der Waals surface area contributed by atoms with Crippen LogP contribution < -0.4 is 10.6 Å². The van der Waals surface area contributed by atoms with Crippen LogP contribution in [0.1, 0.15) is 51.0 Å². The topological polar surface area (TPSA) is 78.5 Å². The molecule has 0 radical (unpaired) electrons. The van der Waals surface area contributed by atoms with Crippen LogP contribution in [0.4, 0.5) is 4.79 Å². The molecule has 4 amide bonds. The molecule has 6 nitrogen and oxygen atoms in total. The molecule has 1 saturated carbocycles. The summed E-state index contributed by atoms with van der Waals surface area (Å²) in [5.41, 5.74) is 0.547. The van der Waals surface area contributed by atoms with E-state index in [2.05, 4.69) is 22.8 Å². The molecule has 1 atom stereocenters. The van der Waals surface area contributed by atoms with Gasteiger partial charge in [-0.05, 0) is 38.2 Å². The summed E-state index contributed by atoms with van der Waals surface area (Å²) in [6, 6.07) is 9.84. The lowest BCUT2D eigenvalue weighted by Crippen LogP contribution is -2.44. The van der Waals surface area contributed by atoms with Crippen molar-refractivity contribution in [1.29, 1.82) is 0 Å². The van der Waals surface area contributed by atoms with E-state index in [4.69, 9.17) is 0 Å². The van der Waals surface area contributed by atoms with Gasteiger partial charge >= 0.3 is 6.03 Å². The van der Waals surface area contributed by atoms with Crippen molar-refractivity contribution in [3.63, 3.8) is 0 Å². The predicted molar refractivity (Wildman–Crippen MR) is 98.4 cm³/mol. The lowest BCUT2D eigenvalue weighted by Gasteiger charge is -2.20.